The lowest BCUT2D eigenvalue weighted by Gasteiger charge is -2.15. The van der Waals surface area contributed by atoms with Gasteiger partial charge >= 0.3 is 0 Å². The van der Waals surface area contributed by atoms with Crippen LogP contribution in [0.4, 0.5) is 0 Å². The van der Waals surface area contributed by atoms with E-state index in [1.807, 2.05) is 67.5 Å². The van der Waals surface area contributed by atoms with E-state index in [-0.39, 0.29) is 0 Å². The zero-order valence-electron chi connectivity index (χ0n) is 15.5. The fourth-order valence-electron chi connectivity index (χ4n) is 3.22. The van der Waals surface area contributed by atoms with Crippen molar-refractivity contribution >= 4 is 11.5 Å². The highest BCUT2D eigenvalue weighted by atomic mass is 16.5. The maximum atomic E-state index is 11.5. The predicted octanol–water partition coefficient (Wildman–Crippen LogP) is 4.60. The van der Waals surface area contributed by atoms with Crippen molar-refractivity contribution in [1.82, 2.24) is 15.0 Å². The first-order valence-electron chi connectivity index (χ1n) is 9.14. The minimum atomic E-state index is 0.423. The van der Waals surface area contributed by atoms with E-state index in [4.69, 9.17) is 9.72 Å². The molecule has 1 aliphatic carbocycles. The zero-order valence-corrected chi connectivity index (χ0v) is 15.5. The molecule has 2 heterocycles. The van der Waals surface area contributed by atoms with Crippen LogP contribution in [0.5, 0.6) is 0 Å². The summed E-state index contributed by atoms with van der Waals surface area (Å²) in [6.45, 7) is 2.40. The third-order valence-corrected chi connectivity index (χ3v) is 4.55. The van der Waals surface area contributed by atoms with Crippen LogP contribution in [-0.4, -0.2) is 27.5 Å². The monoisotopic (exact) mass is 369 g/mol. The second-order valence-electron chi connectivity index (χ2n) is 6.32. The third-order valence-electron chi connectivity index (χ3n) is 4.55. The average molecular weight is 369 g/mol. The highest BCUT2D eigenvalue weighted by molar-refractivity contribution is 5.84. The quantitative estimate of drug-likeness (QED) is 0.667. The van der Waals surface area contributed by atoms with Crippen LogP contribution in [0.25, 0.3) is 28.2 Å². The number of nitrogens with zero attached hydrogens (tertiary/aromatic N) is 2. The molecule has 0 saturated carbocycles. The Hall–Kier alpha value is -3.69. The van der Waals surface area contributed by atoms with Crippen molar-refractivity contribution in [1.29, 1.82) is 0 Å². The van der Waals surface area contributed by atoms with Gasteiger partial charge in [0.05, 0.1) is 23.6 Å². The Balaban J connectivity index is 1.84. The van der Waals surface area contributed by atoms with Crippen molar-refractivity contribution in [3.8, 4) is 22.6 Å². The number of H-pyrrole nitrogens is 1. The molecule has 5 heteroatoms. The molecule has 0 spiro atoms. The number of aromatic nitrogens is 3. The molecule has 2 aromatic heterocycles. The minimum Gasteiger partial charge on any atom is -0.493 e. The second-order valence-corrected chi connectivity index (χ2v) is 6.32. The largest absolute Gasteiger partial charge is 0.493 e. The van der Waals surface area contributed by atoms with Crippen LogP contribution < -0.4 is 0 Å². The molecule has 0 aliphatic heterocycles. The molecular formula is C23H19N3O2. The van der Waals surface area contributed by atoms with Crippen LogP contribution in [0.3, 0.4) is 0 Å². The van der Waals surface area contributed by atoms with Crippen LogP contribution in [-0.2, 0) is 9.53 Å². The van der Waals surface area contributed by atoms with Gasteiger partial charge in [0.2, 0.25) is 0 Å². The number of aromatic amines is 1. The van der Waals surface area contributed by atoms with Gasteiger partial charge in [-0.25, -0.2) is 9.78 Å². The topological polar surface area (TPSA) is 67.9 Å². The number of hydrogen-bond donors (Lipinski definition) is 1. The van der Waals surface area contributed by atoms with Gasteiger partial charge in [0.15, 0.2) is 0 Å². The van der Waals surface area contributed by atoms with E-state index in [0.717, 1.165) is 33.9 Å². The average Bonchev–Trinajstić information content (AvgIpc) is 3.21. The van der Waals surface area contributed by atoms with Gasteiger partial charge in [0.25, 0.3) is 0 Å². The summed E-state index contributed by atoms with van der Waals surface area (Å²) < 4.78 is 5.54. The summed E-state index contributed by atoms with van der Waals surface area (Å²) in [4.78, 5) is 23.9. The summed E-state index contributed by atoms with van der Waals surface area (Å²) in [6, 6.07) is 13.8. The maximum Gasteiger partial charge on any atom is 0.138 e. The number of hydrogen-bond acceptors (Lipinski definition) is 4. The van der Waals surface area contributed by atoms with Gasteiger partial charge < -0.3 is 9.72 Å². The zero-order chi connectivity index (χ0) is 19.3. The Morgan fingerprint density at radius 2 is 1.86 bits per heavy atom. The molecule has 0 atom stereocenters. The number of ether oxygens (including phenoxy) is 1. The Morgan fingerprint density at radius 1 is 1.07 bits per heavy atom. The van der Waals surface area contributed by atoms with Gasteiger partial charge in [0, 0.05) is 29.9 Å². The first-order valence-corrected chi connectivity index (χ1v) is 9.14. The molecule has 0 saturated heterocycles. The van der Waals surface area contributed by atoms with Crippen molar-refractivity contribution in [3.05, 3.63) is 84.0 Å². The van der Waals surface area contributed by atoms with E-state index in [9.17, 15) is 4.79 Å². The molecule has 28 heavy (non-hydrogen) atoms. The van der Waals surface area contributed by atoms with Crippen LogP contribution >= 0.6 is 0 Å². The molecule has 0 radical (unpaired) electrons. The van der Waals surface area contributed by atoms with Crippen LogP contribution in [0.15, 0.2) is 78.3 Å². The number of imidazole rings is 1. The SMILES string of the molecule is CCOC1=CC=C(c2nc(-c3ccccc3)[nH]c2-c2ccncc2)CC1=C=O. The second kappa shape index (κ2) is 7.91. The molecular weight excluding hydrogens is 350 g/mol. The Kier molecular flexibility index (Phi) is 5.00. The van der Waals surface area contributed by atoms with E-state index >= 15 is 0 Å². The van der Waals surface area contributed by atoms with Gasteiger partial charge in [0.1, 0.15) is 17.5 Å². The minimum absolute atomic E-state index is 0.423. The van der Waals surface area contributed by atoms with E-state index in [0.29, 0.717) is 24.4 Å². The first-order chi connectivity index (χ1) is 13.8. The smallest absolute Gasteiger partial charge is 0.138 e. The van der Waals surface area contributed by atoms with E-state index in [1.165, 1.54) is 0 Å². The number of carbonyl (C=O) groups excluding carboxylic acids is 1. The Labute approximate surface area is 163 Å². The number of nitrogens with one attached hydrogen (secondary N) is 1. The summed E-state index contributed by atoms with van der Waals surface area (Å²) in [5.41, 5.74) is 5.13. The highest BCUT2D eigenvalue weighted by Gasteiger charge is 2.22. The molecule has 0 unspecified atom stereocenters. The highest BCUT2D eigenvalue weighted by Crippen LogP contribution is 2.36. The molecule has 4 rings (SSSR count). The molecule has 138 valence electrons. The normalized spacial score (nSPS) is 13.5. The fourth-order valence-corrected chi connectivity index (χ4v) is 3.22. The van der Waals surface area contributed by atoms with Crippen molar-refractivity contribution in [2.24, 2.45) is 0 Å². The molecule has 0 amide bonds. The van der Waals surface area contributed by atoms with Crippen LogP contribution in [0, 0.1) is 0 Å². The standard InChI is InChI=1S/C23H19N3O2/c1-2-28-20-9-8-18(14-19(20)15-27)22-21(16-10-12-24-13-11-16)25-23(26-22)17-6-4-3-5-7-17/h3-13H,2,14H2,1H3,(H,25,26). The summed E-state index contributed by atoms with van der Waals surface area (Å²) in [6.07, 6.45) is 7.70. The number of rotatable bonds is 5. The lowest BCUT2D eigenvalue weighted by Crippen LogP contribution is -2.03. The molecule has 3 aromatic rings. The molecule has 1 aromatic carbocycles. The van der Waals surface area contributed by atoms with E-state index < -0.39 is 0 Å². The summed E-state index contributed by atoms with van der Waals surface area (Å²) in [5, 5.41) is 0. The van der Waals surface area contributed by atoms with Crippen molar-refractivity contribution in [3.63, 3.8) is 0 Å². The summed E-state index contributed by atoms with van der Waals surface area (Å²) in [7, 11) is 0. The Morgan fingerprint density at radius 3 is 2.57 bits per heavy atom. The van der Waals surface area contributed by atoms with Gasteiger partial charge in [-0.1, -0.05) is 36.4 Å². The molecule has 5 nitrogen and oxygen atoms in total. The number of allylic oxidation sites excluding steroid dienone is 4. The van der Waals surface area contributed by atoms with Crippen molar-refractivity contribution < 1.29 is 9.53 Å². The van der Waals surface area contributed by atoms with Crippen molar-refractivity contribution in [2.45, 2.75) is 13.3 Å². The van der Waals surface area contributed by atoms with Crippen molar-refractivity contribution in [2.75, 3.05) is 6.61 Å². The lowest BCUT2D eigenvalue weighted by atomic mass is 9.95. The third kappa shape index (κ3) is 3.43. The molecule has 0 fully saturated rings. The van der Waals surface area contributed by atoms with Gasteiger partial charge in [-0.2, -0.15) is 0 Å². The summed E-state index contributed by atoms with van der Waals surface area (Å²) in [5.74, 6) is 3.37. The van der Waals surface area contributed by atoms with Crippen LogP contribution in [0.1, 0.15) is 19.0 Å². The Bertz CT molecular complexity index is 1090. The first kappa shape index (κ1) is 17.7. The van der Waals surface area contributed by atoms with Gasteiger partial charge in [-0.15, -0.1) is 0 Å². The number of benzene rings is 1. The maximum absolute atomic E-state index is 11.5. The predicted molar refractivity (Wildman–Crippen MR) is 109 cm³/mol. The molecule has 1 N–H and O–H groups in total. The summed E-state index contributed by atoms with van der Waals surface area (Å²) >= 11 is 0. The van der Waals surface area contributed by atoms with E-state index in [2.05, 4.69) is 9.97 Å². The van der Waals surface area contributed by atoms with Gasteiger partial charge in [-0.3, -0.25) is 4.98 Å². The molecule has 0 bridgehead atoms. The lowest BCUT2D eigenvalue weighted by molar-refractivity contribution is 0.237. The molecule has 1 aliphatic rings. The fraction of sp³-hybridized carbons (Fsp3) is 0.130. The number of pyridine rings is 1. The van der Waals surface area contributed by atoms with Crippen LogP contribution in [0.2, 0.25) is 0 Å². The van der Waals surface area contributed by atoms with Gasteiger partial charge in [-0.05, 0) is 30.7 Å². The van der Waals surface area contributed by atoms with E-state index in [1.54, 1.807) is 12.4 Å².